The molecule has 0 spiro atoms. The van der Waals surface area contributed by atoms with E-state index in [1.165, 1.54) is 6.07 Å². The normalized spacial score (nSPS) is 10.6. The van der Waals surface area contributed by atoms with Crippen LogP contribution in [0.5, 0.6) is 5.75 Å². The van der Waals surface area contributed by atoms with Gasteiger partial charge in [-0.05, 0) is 54.0 Å². The van der Waals surface area contributed by atoms with Gasteiger partial charge < -0.3 is 15.0 Å². The minimum absolute atomic E-state index is 0.0980. The summed E-state index contributed by atoms with van der Waals surface area (Å²) >= 11 is 12.5. The van der Waals surface area contributed by atoms with Crippen molar-refractivity contribution in [1.29, 1.82) is 0 Å². The third kappa shape index (κ3) is 6.15. The van der Waals surface area contributed by atoms with Gasteiger partial charge in [0, 0.05) is 12.2 Å². The van der Waals surface area contributed by atoms with Gasteiger partial charge in [-0.3, -0.25) is 4.79 Å². The van der Waals surface area contributed by atoms with E-state index in [9.17, 15) is 4.79 Å². The van der Waals surface area contributed by atoms with Gasteiger partial charge in [-0.1, -0.05) is 67.4 Å². The number of anilines is 1. The van der Waals surface area contributed by atoms with Gasteiger partial charge in [-0.15, -0.1) is 0 Å². The molecule has 0 saturated carbocycles. The summed E-state index contributed by atoms with van der Waals surface area (Å²) in [5.74, 6) is 0.755. The van der Waals surface area contributed by atoms with E-state index in [1.54, 1.807) is 11.7 Å². The Hall–Kier alpha value is -2.69. The quantitative estimate of drug-likeness (QED) is 0.461. The molecule has 0 unspecified atom stereocenters. The van der Waals surface area contributed by atoms with E-state index in [2.05, 4.69) is 0 Å². The zero-order valence-electron chi connectivity index (χ0n) is 17.4. The Labute approximate surface area is 187 Å². The molecule has 0 aliphatic carbocycles. The number of pyridine rings is 1. The molecule has 0 atom stereocenters. The highest BCUT2D eigenvalue weighted by atomic mass is 35.5. The number of halogens is 2. The van der Waals surface area contributed by atoms with E-state index >= 15 is 0 Å². The SMILES string of the molecule is CC.COc1cccc(/C=C/c2c(Cl)cc(Cl)c(=O)n2CCc2ccc(N)cc2)c1. The number of benzene rings is 2. The fraction of sp³-hybridized carbons (Fsp3) is 0.208. The van der Waals surface area contributed by atoms with Crippen LogP contribution in [-0.2, 0) is 13.0 Å². The Balaban J connectivity index is 0.00000155. The topological polar surface area (TPSA) is 57.2 Å². The fourth-order valence-electron chi connectivity index (χ4n) is 2.85. The van der Waals surface area contributed by atoms with Crippen molar-refractivity contribution in [2.24, 2.45) is 0 Å². The van der Waals surface area contributed by atoms with Gasteiger partial charge in [0.05, 0.1) is 17.8 Å². The molecule has 0 saturated heterocycles. The maximum atomic E-state index is 12.6. The molecule has 30 heavy (non-hydrogen) atoms. The van der Waals surface area contributed by atoms with Crippen molar-refractivity contribution < 1.29 is 4.74 Å². The Morgan fingerprint density at radius 2 is 1.70 bits per heavy atom. The molecule has 1 aromatic heterocycles. The summed E-state index contributed by atoms with van der Waals surface area (Å²) in [6, 6.07) is 16.7. The van der Waals surface area contributed by atoms with Crippen molar-refractivity contribution in [1.82, 2.24) is 4.57 Å². The van der Waals surface area contributed by atoms with Crippen molar-refractivity contribution in [3.63, 3.8) is 0 Å². The Morgan fingerprint density at radius 3 is 2.37 bits per heavy atom. The monoisotopic (exact) mass is 444 g/mol. The molecule has 3 rings (SSSR count). The molecule has 0 bridgehead atoms. The van der Waals surface area contributed by atoms with Crippen LogP contribution >= 0.6 is 23.2 Å². The average Bonchev–Trinajstić information content (AvgIpc) is 2.77. The van der Waals surface area contributed by atoms with E-state index < -0.39 is 0 Å². The molecule has 4 nitrogen and oxygen atoms in total. The number of nitrogens with zero attached hydrogens (tertiary/aromatic N) is 1. The number of rotatable bonds is 6. The standard InChI is InChI=1S/C22H20Cl2N2O2.C2H6/c1-28-18-4-2-3-16(13-18)7-10-21-19(23)14-20(24)22(27)26(21)12-11-15-5-8-17(25)9-6-15;1-2/h2-10,13-14H,11-12,25H2,1H3;1-2H3/b10-7+;. The summed E-state index contributed by atoms with van der Waals surface area (Å²) in [5, 5.41) is 0.516. The van der Waals surface area contributed by atoms with Gasteiger partial charge in [0.1, 0.15) is 10.8 Å². The zero-order chi connectivity index (χ0) is 22.1. The smallest absolute Gasteiger partial charge is 0.269 e. The minimum Gasteiger partial charge on any atom is -0.497 e. The second-order valence-corrected chi connectivity index (χ2v) is 7.10. The molecular formula is C24H26Cl2N2O2. The first-order valence-electron chi connectivity index (χ1n) is 9.73. The molecule has 0 amide bonds. The van der Waals surface area contributed by atoms with Gasteiger partial charge in [-0.2, -0.15) is 0 Å². The first-order valence-corrected chi connectivity index (χ1v) is 10.5. The average molecular weight is 445 g/mol. The van der Waals surface area contributed by atoms with Crippen molar-refractivity contribution in [2.45, 2.75) is 26.8 Å². The highest BCUT2D eigenvalue weighted by Crippen LogP contribution is 2.22. The van der Waals surface area contributed by atoms with Crippen LogP contribution in [0, 0.1) is 0 Å². The highest BCUT2D eigenvalue weighted by Gasteiger charge is 2.11. The van der Waals surface area contributed by atoms with Crippen LogP contribution in [0.1, 0.15) is 30.7 Å². The first-order chi connectivity index (χ1) is 14.5. The van der Waals surface area contributed by atoms with Crippen LogP contribution in [0.4, 0.5) is 5.69 Å². The number of hydrogen-bond acceptors (Lipinski definition) is 3. The van der Waals surface area contributed by atoms with Gasteiger partial charge >= 0.3 is 0 Å². The summed E-state index contributed by atoms with van der Waals surface area (Å²) < 4.78 is 6.84. The van der Waals surface area contributed by atoms with Crippen LogP contribution in [0.25, 0.3) is 12.2 Å². The zero-order valence-corrected chi connectivity index (χ0v) is 18.9. The molecule has 3 aromatic rings. The van der Waals surface area contributed by atoms with E-state index in [0.717, 1.165) is 16.9 Å². The van der Waals surface area contributed by atoms with Crippen LogP contribution in [-0.4, -0.2) is 11.7 Å². The van der Waals surface area contributed by atoms with Crippen LogP contribution in [0.15, 0.2) is 59.4 Å². The molecule has 0 aliphatic rings. The van der Waals surface area contributed by atoms with Crippen LogP contribution in [0.3, 0.4) is 0 Å². The second-order valence-electron chi connectivity index (χ2n) is 6.28. The molecule has 1 heterocycles. The van der Waals surface area contributed by atoms with Crippen molar-refractivity contribution >= 4 is 41.0 Å². The predicted molar refractivity (Wildman–Crippen MR) is 129 cm³/mol. The molecule has 2 aromatic carbocycles. The summed E-state index contributed by atoms with van der Waals surface area (Å²) in [7, 11) is 1.62. The number of aryl methyl sites for hydroxylation is 1. The lowest BCUT2D eigenvalue weighted by atomic mass is 10.1. The van der Waals surface area contributed by atoms with Gasteiger partial charge in [0.25, 0.3) is 5.56 Å². The fourth-order valence-corrected chi connectivity index (χ4v) is 3.39. The molecule has 6 heteroatoms. The van der Waals surface area contributed by atoms with Gasteiger partial charge in [-0.25, -0.2) is 0 Å². The third-order valence-electron chi connectivity index (χ3n) is 4.37. The van der Waals surface area contributed by atoms with Crippen LogP contribution in [0.2, 0.25) is 10.0 Å². The van der Waals surface area contributed by atoms with E-state index in [4.69, 9.17) is 33.7 Å². The molecular weight excluding hydrogens is 419 g/mol. The van der Waals surface area contributed by atoms with E-state index in [0.29, 0.717) is 29.4 Å². The number of nitrogen functional groups attached to an aromatic ring is 1. The van der Waals surface area contributed by atoms with E-state index in [-0.39, 0.29) is 10.6 Å². The Bertz CT molecular complexity index is 1060. The molecule has 158 valence electrons. The Kier molecular flexibility index (Phi) is 9.03. The first kappa shape index (κ1) is 23.6. The second kappa shape index (κ2) is 11.5. The number of methoxy groups -OCH3 is 1. The largest absolute Gasteiger partial charge is 0.497 e. The molecule has 2 N–H and O–H groups in total. The lowest BCUT2D eigenvalue weighted by Crippen LogP contribution is -2.24. The lowest BCUT2D eigenvalue weighted by Gasteiger charge is -2.13. The Morgan fingerprint density at radius 1 is 1.00 bits per heavy atom. The number of aromatic nitrogens is 1. The summed E-state index contributed by atoms with van der Waals surface area (Å²) in [4.78, 5) is 12.6. The van der Waals surface area contributed by atoms with Gasteiger partial charge in [0.2, 0.25) is 0 Å². The summed E-state index contributed by atoms with van der Waals surface area (Å²) in [6.07, 6.45) is 4.35. The van der Waals surface area contributed by atoms with Crippen molar-refractivity contribution in [3.8, 4) is 5.75 Å². The highest BCUT2D eigenvalue weighted by molar-refractivity contribution is 6.35. The van der Waals surface area contributed by atoms with Gasteiger partial charge in [0.15, 0.2) is 0 Å². The molecule has 0 aliphatic heterocycles. The summed E-state index contributed by atoms with van der Waals surface area (Å²) in [5.41, 5.74) is 8.77. The number of hydrogen-bond donors (Lipinski definition) is 1. The molecule has 0 radical (unpaired) electrons. The minimum atomic E-state index is -0.271. The number of ether oxygens (including phenoxy) is 1. The maximum Gasteiger partial charge on any atom is 0.269 e. The summed E-state index contributed by atoms with van der Waals surface area (Å²) in [6.45, 7) is 4.45. The molecule has 0 fully saturated rings. The van der Waals surface area contributed by atoms with Crippen molar-refractivity contribution in [3.05, 3.63) is 91.8 Å². The van der Waals surface area contributed by atoms with Crippen LogP contribution < -0.4 is 16.0 Å². The van der Waals surface area contributed by atoms with Crippen molar-refractivity contribution in [2.75, 3.05) is 12.8 Å². The lowest BCUT2D eigenvalue weighted by molar-refractivity contribution is 0.414. The predicted octanol–water partition coefficient (Wildman–Crippen LogP) is 6.19. The maximum absolute atomic E-state index is 12.6. The third-order valence-corrected chi connectivity index (χ3v) is 4.94. The number of nitrogens with two attached hydrogens (primary N) is 1. The van der Waals surface area contributed by atoms with E-state index in [1.807, 2.05) is 74.5 Å².